The van der Waals surface area contributed by atoms with E-state index in [0.717, 1.165) is 16.7 Å². The Balaban J connectivity index is 1.98. The normalized spacial score (nSPS) is 11.4. The van der Waals surface area contributed by atoms with Gasteiger partial charge in [-0.25, -0.2) is 0 Å². The third-order valence-electron chi connectivity index (χ3n) is 5.31. The maximum Gasteiger partial charge on any atom is 0.247 e. The second-order valence-electron chi connectivity index (χ2n) is 7.44. The number of rotatable bonds is 9. The van der Waals surface area contributed by atoms with Crippen molar-refractivity contribution in [3.63, 3.8) is 0 Å². The lowest BCUT2D eigenvalue weighted by Crippen LogP contribution is -2.43. The summed E-state index contributed by atoms with van der Waals surface area (Å²) < 4.78 is 10.7. The lowest BCUT2D eigenvalue weighted by molar-refractivity contribution is -0.141. The van der Waals surface area contributed by atoms with Crippen molar-refractivity contribution >= 4 is 23.4 Å². The molecule has 0 bridgehead atoms. The van der Waals surface area contributed by atoms with Crippen LogP contribution in [0.5, 0.6) is 11.5 Å². The van der Waals surface area contributed by atoms with Crippen LogP contribution in [-0.2, 0) is 22.6 Å². The summed E-state index contributed by atoms with van der Waals surface area (Å²) in [6.45, 7) is 0.246. The summed E-state index contributed by atoms with van der Waals surface area (Å²) >= 11 is 6.04. The summed E-state index contributed by atoms with van der Waals surface area (Å²) in [5.74, 6) is 0.655. The topological polar surface area (TPSA) is 67.9 Å². The standard InChI is InChI=1S/C26H27ClN2O4/c1-28-26(31)25(20-7-5-4-6-8-20)29(17-18-9-12-21(27)13-10-18)24(30)16-19-11-14-22(32-2)23(15-19)33-3/h4-15,25H,16-17H2,1-3H3,(H,28,31). The Labute approximate surface area is 199 Å². The number of hydrogen-bond donors (Lipinski definition) is 1. The minimum atomic E-state index is -0.792. The van der Waals surface area contributed by atoms with E-state index in [1.807, 2.05) is 48.5 Å². The zero-order chi connectivity index (χ0) is 23.8. The molecule has 0 radical (unpaired) electrons. The minimum absolute atomic E-state index is 0.0915. The first kappa shape index (κ1) is 24.1. The number of methoxy groups -OCH3 is 2. The maximum absolute atomic E-state index is 13.6. The Bertz CT molecular complexity index is 1090. The van der Waals surface area contributed by atoms with Crippen LogP contribution in [0.3, 0.4) is 0 Å². The first-order valence-electron chi connectivity index (χ1n) is 10.5. The second kappa shape index (κ2) is 11.4. The number of nitrogens with one attached hydrogen (secondary N) is 1. The Kier molecular flexibility index (Phi) is 8.33. The fourth-order valence-electron chi connectivity index (χ4n) is 3.62. The van der Waals surface area contributed by atoms with Crippen LogP contribution in [0.4, 0.5) is 0 Å². The van der Waals surface area contributed by atoms with Gasteiger partial charge in [0.05, 0.1) is 20.6 Å². The Hall–Kier alpha value is -3.51. The highest BCUT2D eigenvalue weighted by atomic mass is 35.5. The fraction of sp³-hybridized carbons (Fsp3) is 0.231. The molecule has 7 heteroatoms. The smallest absolute Gasteiger partial charge is 0.247 e. The van der Waals surface area contributed by atoms with Gasteiger partial charge >= 0.3 is 0 Å². The molecule has 1 atom stereocenters. The van der Waals surface area contributed by atoms with Crippen molar-refractivity contribution in [2.75, 3.05) is 21.3 Å². The van der Waals surface area contributed by atoms with Crippen LogP contribution in [-0.4, -0.2) is 38.0 Å². The number of carbonyl (C=O) groups is 2. The number of ether oxygens (including phenoxy) is 2. The number of hydrogen-bond acceptors (Lipinski definition) is 4. The Morgan fingerprint density at radius 2 is 1.55 bits per heavy atom. The molecule has 2 amide bonds. The average molecular weight is 467 g/mol. The zero-order valence-corrected chi connectivity index (χ0v) is 19.6. The van der Waals surface area contributed by atoms with Gasteiger partial charge in [0.15, 0.2) is 11.5 Å². The van der Waals surface area contributed by atoms with Crippen LogP contribution in [0.1, 0.15) is 22.7 Å². The number of halogens is 1. The predicted molar refractivity (Wildman–Crippen MR) is 129 cm³/mol. The van der Waals surface area contributed by atoms with Crippen LogP contribution in [0.25, 0.3) is 0 Å². The van der Waals surface area contributed by atoms with E-state index in [-0.39, 0.29) is 24.8 Å². The summed E-state index contributed by atoms with van der Waals surface area (Å²) in [6.07, 6.45) is 0.0915. The molecule has 0 spiro atoms. The molecule has 0 aliphatic rings. The molecule has 0 fully saturated rings. The van der Waals surface area contributed by atoms with Crippen molar-refractivity contribution in [3.8, 4) is 11.5 Å². The van der Waals surface area contributed by atoms with Crippen LogP contribution < -0.4 is 14.8 Å². The number of nitrogens with zero attached hydrogens (tertiary/aromatic N) is 1. The minimum Gasteiger partial charge on any atom is -0.493 e. The molecule has 3 rings (SSSR count). The van der Waals surface area contributed by atoms with Crippen LogP contribution >= 0.6 is 11.6 Å². The van der Waals surface area contributed by atoms with E-state index in [0.29, 0.717) is 16.5 Å². The molecular formula is C26H27ClN2O4. The van der Waals surface area contributed by atoms with Gasteiger partial charge in [-0.15, -0.1) is 0 Å². The molecule has 3 aromatic carbocycles. The van der Waals surface area contributed by atoms with E-state index in [1.54, 1.807) is 50.4 Å². The van der Waals surface area contributed by atoms with Gasteiger partial charge in [-0.1, -0.05) is 60.1 Å². The molecule has 0 aliphatic heterocycles. The number of benzene rings is 3. The van der Waals surface area contributed by atoms with Crippen molar-refractivity contribution in [2.45, 2.75) is 19.0 Å². The van der Waals surface area contributed by atoms with Gasteiger partial charge in [0.1, 0.15) is 6.04 Å². The molecule has 0 heterocycles. The van der Waals surface area contributed by atoms with Gasteiger partial charge in [-0.2, -0.15) is 0 Å². The summed E-state index contributed by atoms with van der Waals surface area (Å²) in [5, 5.41) is 3.31. The zero-order valence-electron chi connectivity index (χ0n) is 18.9. The highest BCUT2D eigenvalue weighted by molar-refractivity contribution is 6.30. The van der Waals surface area contributed by atoms with Crippen LogP contribution in [0.2, 0.25) is 5.02 Å². The Morgan fingerprint density at radius 3 is 2.15 bits per heavy atom. The first-order valence-corrected chi connectivity index (χ1v) is 10.9. The summed E-state index contributed by atoms with van der Waals surface area (Å²) in [4.78, 5) is 28.2. The summed E-state index contributed by atoms with van der Waals surface area (Å²) in [7, 11) is 4.68. The SMILES string of the molecule is CNC(=O)C(c1ccccc1)N(Cc1ccc(Cl)cc1)C(=O)Cc1ccc(OC)c(OC)c1. The first-order chi connectivity index (χ1) is 16.0. The molecular weight excluding hydrogens is 440 g/mol. The van der Waals surface area contributed by atoms with Crippen LogP contribution in [0, 0.1) is 0 Å². The third-order valence-corrected chi connectivity index (χ3v) is 5.56. The van der Waals surface area contributed by atoms with Gasteiger partial charge < -0.3 is 19.7 Å². The second-order valence-corrected chi connectivity index (χ2v) is 7.88. The molecule has 1 unspecified atom stereocenters. The van der Waals surface area contributed by atoms with E-state index in [1.165, 1.54) is 0 Å². The number of carbonyl (C=O) groups excluding carboxylic acids is 2. The van der Waals surface area contributed by atoms with Crippen molar-refractivity contribution in [3.05, 3.63) is 94.5 Å². The maximum atomic E-state index is 13.6. The van der Waals surface area contributed by atoms with Gasteiger partial charge in [0.2, 0.25) is 11.8 Å². The Morgan fingerprint density at radius 1 is 0.909 bits per heavy atom. The number of amides is 2. The van der Waals surface area contributed by atoms with Crippen LogP contribution in [0.15, 0.2) is 72.8 Å². The largest absolute Gasteiger partial charge is 0.493 e. The monoisotopic (exact) mass is 466 g/mol. The van der Waals surface area contributed by atoms with E-state index in [4.69, 9.17) is 21.1 Å². The van der Waals surface area contributed by atoms with E-state index < -0.39 is 6.04 Å². The van der Waals surface area contributed by atoms with Crippen molar-refractivity contribution < 1.29 is 19.1 Å². The van der Waals surface area contributed by atoms with Gasteiger partial charge in [0.25, 0.3) is 0 Å². The van der Waals surface area contributed by atoms with E-state index in [2.05, 4.69) is 5.32 Å². The van der Waals surface area contributed by atoms with E-state index in [9.17, 15) is 9.59 Å². The van der Waals surface area contributed by atoms with Crippen molar-refractivity contribution in [1.82, 2.24) is 10.2 Å². The summed E-state index contributed by atoms with van der Waals surface area (Å²) in [6, 6.07) is 21.1. The average Bonchev–Trinajstić information content (AvgIpc) is 2.85. The fourth-order valence-corrected chi connectivity index (χ4v) is 3.75. The summed E-state index contributed by atoms with van der Waals surface area (Å²) in [5.41, 5.74) is 2.35. The van der Waals surface area contributed by atoms with Gasteiger partial charge in [-0.05, 0) is 41.0 Å². The van der Waals surface area contributed by atoms with Gasteiger partial charge in [0, 0.05) is 18.6 Å². The highest BCUT2D eigenvalue weighted by Gasteiger charge is 2.31. The molecule has 1 N–H and O–H groups in total. The molecule has 0 aromatic heterocycles. The molecule has 0 saturated heterocycles. The molecule has 0 saturated carbocycles. The molecule has 172 valence electrons. The lowest BCUT2D eigenvalue weighted by atomic mass is 10.0. The molecule has 6 nitrogen and oxygen atoms in total. The molecule has 0 aliphatic carbocycles. The lowest BCUT2D eigenvalue weighted by Gasteiger charge is -2.31. The predicted octanol–water partition coefficient (Wildman–Crippen LogP) is 4.42. The van der Waals surface area contributed by atoms with E-state index >= 15 is 0 Å². The molecule has 33 heavy (non-hydrogen) atoms. The van der Waals surface area contributed by atoms with Crippen molar-refractivity contribution in [2.24, 2.45) is 0 Å². The number of likely N-dealkylation sites (N-methyl/N-ethyl adjacent to an activating group) is 1. The van der Waals surface area contributed by atoms with Crippen molar-refractivity contribution in [1.29, 1.82) is 0 Å². The molecule has 3 aromatic rings. The quantitative estimate of drug-likeness (QED) is 0.507. The third kappa shape index (κ3) is 6.05. The van der Waals surface area contributed by atoms with Gasteiger partial charge in [-0.3, -0.25) is 9.59 Å². The highest BCUT2D eigenvalue weighted by Crippen LogP contribution is 2.29.